The van der Waals surface area contributed by atoms with Crippen molar-refractivity contribution < 1.29 is 9.53 Å². The van der Waals surface area contributed by atoms with Crippen LogP contribution in [-0.4, -0.2) is 37.7 Å². The molecule has 16 heavy (non-hydrogen) atoms. The molecule has 0 fully saturated rings. The van der Waals surface area contributed by atoms with E-state index in [0.717, 1.165) is 19.4 Å². The molecule has 0 aliphatic carbocycles. The van der Waals surface area contributed by atoms with E-state index in [1.807, 2.05) is 20.9 Å². The zero-order valence-electron chi connectivity index (χ0n) is 11.2. The summed E-state index contributed by atoms with van der Waals surface area (Å²) in [5.41, 5.74) is 0. The van der Waals surface area contributed by atoms with Crippen molar-refractivity contribution in [3.8, 4) is 0 Å². The minimum atomic E-state index is -0.386. The summed E-state index contributed by atoms with van der Waals surface area (Å²) in [6.45, 7) is 8.63. The van der Waals surface area contributed by atoms with E-state index >= 15 is 0 Å². The van der Waals surface area contributed by atoms with E-state index in [9.17, 15) is 4.79 Å². The van der Waals surface area contributed by atoms with Crippen LogP contribution in [0.1, 0.15) is 40.5 Å². The largest absolute Gasteiger partial charge is 0.364 e. The number of amides is 1. The van der Waals surface area contributed by atoms with Gasteiger partial charge in [0.15, 0.2) is 0 Å². The zero-order valence-corrected chi connectivity index (χ0v) is 11.2. The summed E-state index contributed by atoms with van der Waals surface area (Å²) in [6.07, 6.45) is 1.74. The quantitative estimate of drug-likeness (QED) is 0.661. The van der Waals surface area contributed by atoms with Crippen LogP contribution < -0.4 is 10.6 Å². The normalized spacial score (nSPS) is 16.6. The van der Waals surface area contributed by atoms with Gasteiger partial charge in [0.2, 0.25) is 5.91 Å². The highest BCUT2D eigenvalue weighted by atomic mass is 16.5. The van der Waals surface area contributed by atoms with Crippen molar-refractivity contribution in [1.82, 2.24) is 10.6 Å². The Morgan fingerprint density at radius 1 is 1.31 bits per heavy atom. The number of carbonyl (C=O) groups is 1. The second kappa shape index (κ2) is 8.53. The Bertz CT molecular complexity index is 197. The third-order valence-electron chi connectivity index (χ3n) is 2.41. The van der Waals surface area contributed by atoms with Crippen molar-refractivity contribution in [3.05, 3.63) is 0 Å². The Morgan fingerprint density at radius 3 is 2.44 bits per heavy atom. The highest BCUT2D eigenvalue weighted by Crippen LogP contribution is 2.00. The van der Waals surface area contributed by atoms with E-state index < -0.39 is 0 Å². The monoisotopic (exact) mass is 230 g/mol. The molecule has 96 valence electrons. The number of carbonyl (C=O) groups excluding carboxylic acids is 1. The van der Waals surface area contributed by atoms with Gasteiger partial charge in [-0.2, -0.15) is 0 Å². The fourth-order valence-corrected chi connectivity index (χ4v) is 1.61. The van der Waals surface area contributed by atoms with Gasteiger partial charge < -0.3 is 15.4 Å². The van der Waals surface area contributed by atoms with Crippen LogP contribution in [0.2, 0.25) is 0 Å². The molecule has 0 saturated carbocycles. The van der Waals surface area contributed by atoms with Gasteiger partial charge in [-0.1, -0.05) is 13.3 Å². The summed E-state index contributed by atoms with van der Waals surface area (Å²) >= 11 is 0. The fourth-order valence-electron chi connectivity index (χ4n) is 1.61. The Morgan fingerprint density at radius 2 is 1.94 bits per heavy atom. The van der Waals surface area contributed by atoms with Gasteiger partial charge in [-0.3, -0.25) is 4.79 Å². The van der Waals surface area contributed by atoms with Crippen LogP contribution in [0.25, 0.3) is 0 Å². The van der Waals surface area contributed by atoms with Crippen molar-refractivity contribution in [2.45, 2.75) is 58.8 Å². The first-order chi connectivity index (χ1) is 7.51. The topological polar surface area (TPSA) is 50.4 Å². The van der Waals surface area contributed by atoms with Crippen LogP contribution >= 0.6 is 0 Å². The standard InChI is InChI=1S/C12H26N2O2/c1-6-7-9(2)14-12(15)11(4)16-10(3)8-13-5/h9-11,13H,6-8H2,1-5H3,(H,14,15). The van der Waals surface area contributed by atoms with E-state index in [2.05, 4.69) is 17.6 Å². The SMILES string of the molecule is CCCC(C)NC(=O)C(C)OC(C)CNC. The van der Waals surface area contributed by atoms with Crippen LogP contribution in [0.15, 0.2) is 0 Å². The number of likely N-dealkylation sites (N-methyl/N-ethyl adjacent to an activating group) is 1. The molecular weight excluding hydrogens is 204 g/mol. The van der Waals surface area contributed by atoms with Crippen molar-refractivity contribution in [1.29, 1.82) is 0 Å². The Labute approximate surface area is 99.1 Å². The summed E-state index contributed by atoms with van der Waals surface area (Å²) in [6, 6.07) is 0.225. The van der Waals surface area contributed by atoms with Gasteiger partial charge in [0, 0.05) is 12.6 Å². The van der Waals surface area contributed by atoms with Gasteiger partial charge in [-0.15, -0.1) is 0 Å². The maximum Gasteiger partial charge on any atom is 0.249 e. The zero-order chi connectivity index (χ0) is 12.6. The lowest BCUT2D eigenvalue weighted by atomic mass is 10.2. The third-order valence-corrected chi connectivity index (χ3v) is 2.41. The van der Waals surface area contributed by atoms with Gasteiger partial charge in [0.1, 0.15) is 6.10 Å². The lowest BCUT2D eigenvalue weighted by Gasteiger charge is -2.20. The van der Waals surface area contributed by atoms with E-state index in [0.29, 0.717) is 0 Å². The molecule has 0 aliphatic rings. The molecule has 0 spiro atoms. The molecule has 2 N–H and O–H groups in total. The van der Waals surface area contributed by atoms with Crippen LogP contribution in [0.5, 0.6) is 0 Å². The minimum absolute atomic E-state index is 0.0242. The van der Waals surface area contributed by atoms with Gasteiger partial charge in [0.05, 0.1) is 6.10 Å². The number of hydrogen-bond acceptors (Lipinski definition) is 3. The van der Waals surface area contributed by atoms with Crippen LogP contribution in [0.4, 0.5) is 0 Å². The third kappa shape index (κ3) is 6.80. The predicted octanol–water partition coefficient (Wildman–Crippen LogP) is 1.30. The first-order valence-corrected chi connectivity index (χ1v) is 6.11. The first kappa shape index (κ1) is 15.4. The molecule has 0 radical (unpaired) electrons. The van der Waals surface area contributed by atoms with Crippen LogP contribution in [-0.2, 0) is 9.53 Å². The molecule has 1 amide bonds. The minimum Gasteiger partial charge on any atom is -0.364 e. The van der Waals surface area contributed by atoms with Crippen molar-refractivity contribution in [3.63, 3.8) is 0 Å². The molecule has 0 aromatic heterocycles. The second-order valence-electron chi connectivity index (χ2n) is 4.34. The Kier molecular flexibility index (Phi) is 8.21. The maximum absolute atomic E-state index is 11.7. The van der Waals surface area contributed by atoms with Crippen LogP contribution in [0, 0.1) is 0 Å². The molecule has 0 saturated heterocycles. The molecule has 0 aromatic carbocycles. The van der Waals surface area contributed by atoms with Crippen molar-refractivity contribution >= 4 is 5.91 Å². The molecule has 3 atom stereocenters. The second-order valence-corrected chi connectivity index (χ2v) is 4.34. The van der Waals surface area contributed by atoms with Crippen molar-refractivity contribution in [2.75, 3.05) is 13.6 Å². The number of nitrogens with one attached hydrogen (secondary N) is 2. The Balaban J connectivity index is 3.89. The van der Waals surface area contributed by atoms with E-state index in [1.165, 1.54) is 0 Å². The van der Waals surface area contributed by atoms with Gasteiger partial charge >= 0.3 is 0 Å². The van der Waals surface area contributed by atoms with Gasteiger partial charge in [0.25, 0.3) is 0 Å². The van der Waals surface area contributed by atoms with E-state index in [-0.39, 0.29) is 24.2 Å². The maximum atomic E-state index is 11.7. The molecule has 0 aliphatic heterocycles. The molecule has 0 heterocycles. The van der Waals surface area contributed by atoms with Crippen LogP contribution in [0.3, 0.4) is 0 Å². The first-order valence-electron chi connectivity index (χ1n) is 6.11. The lowest BCUT2D eigenvalue weighted by molar-refractivity contribution is -0.135. The summed E-state index contributed by atoms with van der Waals surface area (Å²) in [5.74, 6) is -0.0242. The Hall–Kier alpha value is -0.610. The van der Waals surface area contributed by atoms with E-state index in [4.69, 9.17) is 4.74 Å². The van der Waals surface area contributed by atoms with Crippen molar-refractivity contribution in [2.24, 2.45) is 0 Å². The molecule has 4 heteroatoms. The van der Waals surface area contributed by atoms with E-state index in [1.54, 1.807) is 6.92 Å². The number of rotatable bonds is 8. The molecule has 4 nitrogen and oxygen atoms in total. The smallest absolute Gasteiger partial charge is 0.249 e. The summed E-state index contributed by atoms with van der Waals surface area (Å²) in [5, 5.41) is 5.96. The fraction of sp³-hybridized carbons (Fsp3) is 0.917. The number of hydrogen-bond donors (Lipinski definition) is 2. The molecule has 0 rings (SSSR count). The molecule has 0 aromatic rings. The lowest BCUT2D eigenvalue weighted by Crippen LogP contribution is -2.42. The highest BCUT2D eigenvalue weighted by molar-refractivity contribution is 5.80. The summed E-state index contributed by atoms with van der Waals surface area (Å²) < 4.78 is 5.56. The highest BCUT2D eigenvalue weighted by Gasteiger charge is 2.17. The average Bonchev–Trinajstić information content (AvgIpc) is 2.17. The summed E-state index contributed by atoms with van der Waals surface area (Å²) in [7, 11) is 1.87. The van der Waals surface area contributed by atoms with Gasteiger partial charge in [-0.25, -0.2) is 0 Å². The molecule has 3 unspecified atom stereocenters. The molecular formula is C12H26N2O2. The average molecular weight is 230 g/mol. The number of ether oxygens (including phenoxy) is 1. The molecule has 0 bridgehead atoms. The van der Waals surface area contributed by atoms with Gasteiger partial charge in [-0.05, 0) is 34.2 Å². The summed E-state index contributed by atoms with van der Waals surface area (Å²) in [4.78, 5) is 11.7. The predicted molar refractivity (Wildman–Crippen MR) is 66.4 cm³/mol.